The Bertz CT molecular complexity index is 1280. The molecule has 4 rings (SSSR count). The van der Waals surface area contributed by atoms with Crippen LogP contribution in [0.5, 0.6) is 5.75 Å². The number of aromatic hydroxyl groups is 1. The number of thiol groups is 1. The average Bonchev–Trinajstić information content (AvgIpc) is 3.35. The van der Waals surface area contributed by atoms with E-state index < -0.39 is 0 Å². The van der Waals surface area contributed by atoms with Crippen LogP contribution in [0.1, 0.15) is 72.8 Å². The first-order valence-electron chi connectivity index (χ1n) is 14.4. The van der Waals surface area contributed by atoms with Crippen molar-refractivity contribution in [3.05, 3.63) is 29.8 Å². The third kappa shape index (κ3) is 8.07. The van der Waals surface area contributed by atoms with Gasteiger partial charge in [0.15, 0.2) is 0 Å². The van der Waals surface area contributed by atoms with Crippen LogP contribution in [0, 0.1) is 5.41 Å². The van der Waals surface area contributed by atoms with Gasteiger partial charge in [0.05, 0.1) is 5.52 Å². The monoisotopic (exact) mass is 586 g/mol. The minimum atomic E-state index is -0.254. The van der Waals surface area contributed by atoms with E-state index in [-0.39, 0.29) is 39.1 Å². The van der Waals surface area contributed by atoms with Crippen LogP contribution in [0.15, 0.2) is 29.3 Å². The van der Waals surface area contributed by atoms with Crippen LogP contribution in [0.2, 0.25) is 0 Å². The number of piperazine rings is 1. The highest BCUT2D eigenvalue weighted by Gasteiger charge is 2.32. The Morgan fingerprint density at radius 1 is 0.951 bits per heavy atom. The Kier molecular flexibility index (Phi) is 10.2. The Morgan fingerprint density at radius 3 is 2.17 bits per heavy atom. The summed E-state index contributed by atoms with van der Waals surface area (Å²) in [4.78, 5) is 45.2. The number of hydrogen-bond donors (Lipinski definition) is 2. The van der Waals surface area contributed by atoms with E-state index in [0.717, 1.165) is 30.5 Å². The van der Waals surface area contributed by atoms with Gasteiger partial charge in [0.25, 0.3) is 11.8 Å². The molecule has 2 aromatic rings. The highest BCUT2D eigenvalue weighted by atomic mass is 32.2. The van der Waals surface area contributed by atoms with E-state index in [4.69, 9.17) is 0 Å². The maximum Gasteiger partial charge on any atom is 0.253 e. The molecule has 1 aromatic carbocycles. The van der Waals surface area contributed by atoms with Crippen molar-refractivity contribution in [1.29, 1.82) is 0 Å². The first-order chi connectivity index (χ1) is 18.7. The standard InChI is InChI=1S/C31H44N4O4S.H2O/c1-30(2,3)20-22-21-11-12-23(36)28(27(21)32-29(22)40-31(4,5)6)34-18-16-33(17-19-34)24(37)10-8-7-9-15-35-25(38)13-14-26(35)39;/h11-14,32,36H,7-10,15-20H2,1-6H3;1H2. The van der Waals surface area contributed by atoms with Crippen molar-refractivity contribution in [3.63, 3.8) is 0 Å². The number of phenolic OH excluding ortho intramolecular Hbond substituents is 1. The number of benzene rings is 1. The summed E-state index contributed by atoms with van der Waals surface area (Å²) in [6.07, 6.45) is 6.24. The Morgan fingerprint density at radius 2 is 1.59 bits per heavy atom. The van der Waals surface area contributed by atoms with E-state index in [9.17, 15) is 19.5 Å². The zero-order chi connectivity index (χ0) is 29.2. The largest absolute Gasteiger partial charge is 0.870 e. The van der Waals surface area contributed by atoms with Gasteiger partial charge in [-0.15, -0.1) is 0 Å². The van der Waals surface area contributed by atoms with E-state index in [2.05, 4.69) is 51.4 Å². The summed E-state index contributed by atoms with van der Waals surface area (Å²) in [5, 5.41) is 13.4. The first-order valence-corrected chi connectivity index (χ1v) is 15.3. The summed E-state index contributed by atoms with van der Waals surface area (Å²) in [5.74, 6) is -0.110. The molecule has 0 bridgehead atoms. The lowest BCUT2D eigenvalue weighted by molar-refractivity contribution is -0.137. The van der Waals surface area contributed by atoms with E-state index in [1.54, 1.807) is 0 Å². The molecule has 1 aromatic heterocycles. The normalized spacial score (nSPS) is 16.2. The third-order valence-corrected chi connectivity index (χ3v) is 8.56. The quantitative estimate of drug-likeness (QED) is 0.194. The number of aromatic nitrogens is 1. The number of fused-ring (bicyclic) bond motifs is 1. The smallest absolute Gasteiger partial charge is 0.253 e. The van der Waals surface area contributed by atoms with Crippen LogP contribution in [-0.4, -0.2) is 80.6 Å². The van der Waals surface area contributed by atoms with Gasteiger partial charge in [-0.05, 0) is 57.6 Å². The molecular formula is C31H46N4O5S. The van der Waals surface area contributed by atoms with Crippen molar-refractivity contribution in [2.75, 3.05) is 37.6 Å². The first kappa shape index (κ1) is 32.5. The van der Waals surface area contributed by atoms with E-state index in [0.29, 0.717) is 45.6 Å². The van der Waals surface area contributed by atoms with Crippen molar-refractivity contribution < 1.29 is 25.0 Å². The highest BCUT2D eigenvalue weighted by molar-refractivity contribution is 7.80. The van der Waals surface area contributed by atoms with E-state index >= 15 is 0 Å². The molecule has 0 radical (unpaired) electrons. The number of hydrogen-bond acceptors (Lipinski definition) is 6. The third-order valence-electron chi connectivity index (χ3n) is 7.29. The second-order valence-electron chi connectivity index (χ2n) is 13.2. The number of unbranched alkanes of at least 4 members (excludes halogenated alkanes) is 2. The van der Waals surface area contributed by atoms with Gasteiger partial charge in [-0.1, -0.05) is 27.2 Å². The number of carbonyl (C=O) groups is 3. The summed E-state index contributed by atoms with van der Waals surface area (Å²) < 4.78 is 0.0991. The maximum atomic E-state index is 12.9. The second-order valence-corrected chi connectivity index (χ2v) is 15.2. The molecule has 0 aliphatic carbocycles. The molecule has 0 spiro atoms. The van der Waals surface area contributed by atoms with Crippen LogP contribution in [-0.2, 0) is 32.6 Å². The molecule has 2 aliphatic rings. The zero-order valence-corrected chi connectivity index (χ0v) is 26.2. The molecule has 10 heteroatoms. The summed E-state index contributed by atoms with van der Waals surface area (Å²) in [5.41, 5.74) is 3.26. The van der Waals surface area contributed by atoms with Gasteiger partial charge >= 0.3 is 0 Å². The van der Waals surface area contributed by atoms with Gasteiger partial charge < -0.3 is 25.4 Å². The molecule has 3 heterocycles. The lowest BCUT2D eigenvalue weighted by Crippen LogP contribution is -2.48. The minimum Gasteiger partial charge on any atom is -0.870 e. The number of nitrogens with one attached hydrogen (secondary N) is 1. The molecule has 226 valence electrons. The van der Waals surface area contributed by atoms with Crippen molar-refractivity contribution in [3.8, 4) is 5.75 Å². The molecule has 9 nitrogen and oxygen atoms in total. The molecule has 1 fully saturated rings. The molecule has 0 unspecified atom stereocenters. The Balaban J connectivity index is 0.00000462. The summed E-state index contributed by atoms with van der Waals surface area (Å²) in [7, 11) is 0. The van der Waals surface area contributed by atoms with Crippen LogP contribution < -0.4 is 4.90 Å². The van der Waals surface area contributed by atoms with Gasteiger partial charge in [0, 0.05) is 74.0 Å². The molecule has 3 amide bonds. The second kappa shape index (κ2) is 12.9. The van der Waals surface area contributed by atoms with Gasteiger partial charge in [0.1, 0.15) is 16.2 Å². The SMILES string of the molecule is CC(C)(C)Cc1c([SH+]C(C)(C)C)[nH]c2c(N3CCN(C(=O)CCCCCN4C(=O)C=CC4=O)CC3)c(O)ccc12.[OH-]. The van der Waals surface area contributed by atoms with Gasteiger partial charge in [-0.25, -0.2) is 0 Å². The van der Waals surface area contributed by atoms with Crippen molar-refractivity contribution in [1.82, 2.24) is 14.8 Å². The van der Waals surface area contributed by atoms with E-state index in [1.165, 1.54) is 44.8 Å². The molecule has 0 atom stereocenters. The zero-order valence-electron chi connectivity index (χ0n) is 25.3. The highest BCUT2D eigenvalue weighted by Crippen LogP contribution is 2.41. The average molecular weight is 587 g/mol. The summed E-state index contributed by atoms with van der Waals surface area (Å²) in [6.45, 7) is 16.4. The predicted octanol–water partition coefficient (Wildman–Crippen LogP) is 4.39. The number of carbonyl (C=O) groups excluding carboxylic acids is 3. The topological polar surface area (TPSA) is 127 Å². The maximum absolute atomic E-state index is 12.9. The van der Waals surface area contributed by atoms with Crippen molar-refractivity contribution in [2.24, 2.45) is 5.41 Å². The number of aromatic amines is 1. The molecular weight excluding hydrogens is 540 g/mol. The van der Waals surface area contributed by atoms with E-state index in [1.807, 2.05) is 17.0 Å². The van der Waals surface area contributed by atoms with Crippen molar-refractivity contribution in [2.45, 2.75) is 83.4 Å². The fourth-order valence-corrected chi connectivity index (χ4v) is 6.62. The number of nitrogens with zero attached hydrogens (tertiary/aromatic N) is 3. The molecule has 41 heavy (non-hydrogen) atoms. The van der Waals surface area contributed by atoms with Gasteiger partial charge in [-0.3, -0.25) is 19.3 Å². The fourth-order valence-electron chi connectivity index (χ4n) is 5.45. The van der Waals surface area contributed by atoms with Crippen LogP contribution in [0.25, 0.3) is 10.9 Å². The number of rotatable bonds is 9. The predicted molar refractivity (Wildman–Crippen MR) is 165 cm³/mol. The number of H-pyrrole nitrogens is 1. The van der Waals surface area contributed by atoms with Crippen LogP contribution in [0.3, 0.4) is 0 Å². The van der Waals surface area contributed by atoms with Gasteiger partial charge in [0.2, 0.25) is 10.9 Å². The number of anilines is 1. The Labute approximate surface area is 247 Å². The molecule has 1 saturated heterocycles. The lowest BCUT2D eigenvalue weighted by atomic mass is 9.88. The summed E-state index contributed by atoms with van der Waals surface area (Å²) >= 11 is 1.23. The van der Waals surface area contributed by atoms with Crippen LogP contribution in [0.4, 0.5) is 5.69 Å². The lowest BCUT2D eigenvalue weighted by Gasteiger charge is -2.36. The molecule has 2 aliphatic heterocycles. The fraction of sp³-hybridized carbons (Fsp3) is 0.581. The summed E-state index contributed by atoms with van der Waals surface area (Å²) in [6, 6.07) is 3.85. The molecule has 3 N–H and O–H groups in total. The van der Waals surface area contributed by atoms with Gasteiger partial charge in [-0.2, -0.15) is 0 Å². The molecule has 0 saturated carbocycles. The number of phenols is 1. The number of imide groups is 1. The van der Waals surface area contributed by atoms with Crippen molar-refractivity contribution >= 4 is 46.1 Å². The van der Waals surface area contributed by atoms with Crippen LogP contribution >= 0.6 is 0 Å². The Hall–Kier alpha value is -2.98. The number of amides is 3. The minimum absolute atomic E-state index is 0.